The van der Waals surface area contributed by atoms with Crippen molar-refractivity contribution in [2.24, 2.45) is 0 Å². The summed E-state index contributed by atoms with van der Waals surface area (Å²) in [6.07, 6.45) is 2.27. The average Bonchev–Trinajstić information content (AvgIpc) is 3.18. The summed E-state index contributed by atoms with van der Waals surface area (Å²) >= 11 is 1.19. The van der Waals surface area contributed by atoms with Crippen LogP contribution in [0.3, 0.4) is 0 Å². The Kier molecular flexibility index (Phi) is 5.43. The number of carbonyl (C=O) groups is 2. The summed E-state index contributed by atoms with van der Waals surface area (Å²) in [7, 11) is 0. The van der Waals surface area contributed by atoms with E-state index >= 15 is 0 Å². The maximum Gasteiger partial charge on any atom is 0.263 e. The number of likely N-dealkylation sites (tertiary alicyclic amines) is 1. The van der Waals surface area contributed by atoms with Gasteiger partial charge >= 0.3 is 0 Å². The Morgan fingerprint density at radius 3 is 2.92 bits per heavy atom. The zero-order valence-electron chi connectivity index (χ0n) is 14.0. The minimum Gasteiger partial charge on any atom is -0.351 e. The van der Waals surface area contributed by atoms with Gasteiger partial charge in [-0.3, -0.25) is 9.59 Å². The molecule has 1 N–H and O–H groups in total. The maximum atomic E-state index is 13.9. The topological polar surface area (TPSA) is 62.3 Å². The molecule has 0 saturated carbocycles. The van der Waals surface area contributed by atoms with Gasteiger partial charge in [0, 0.05) is 31.6 Å². The summed E-state index contributed by atoms with van der Waals surface area (Å²) in [6, 6.07) is 6.40. The predicted octanol–water partition coefficient (Wildman–Crippen LogP) is 3.00. The molecule has 1 aliphatic heterocycles. The summed E-state index contributed by atoms with van der Waals surface area (Å²) < 4.78 is 13.9. The Morgan fingerprint density at radius 2 is 2.20 bits per heavy atom. The number of amides is 2. The van der Waals surface area contributed by atoms with Gasteiger partial charge in [0.2, 0.25) is 5.91 Å². The van der Waals surface area contributed by atoms with Gasteiger partial charge < -0.3 is 10.2 Å². The largest absolute Gasteiger partial charge is 0.351 e. The van der Waals surface area contributed by atoms with E-state index in [-0.39, 0.29) is 17.6 Å². The highest BCUT2D eigenvalue weighted by atomic mass is 32.1. The number of nitrogens with zero attached hydrogens (tertiary/aromatic N) is 2. The number of carbonyl (C=O) groups excluding carboxylic acids is 2. The number of halogens is 1. The molecule has 0 radical (unpaired) electrons. The van der Waals surface area contributed by atoms with Crippen molar-refractivity contribution in [3.63, 3.8) is 0 Å². The van der Waals surface area contributed by atoms with Crippen LogP contribution in [0.5, 0.6) is 0 Å². The molecule has 5 nitrogen and oxygen atoms in total. The molecule has 2 aromatic rings. The van der Waals surface area contributed by atoms with Gasteiger partial charge in [0.25, 0.3) is 5.91 Å². The lowest BCUT2D eigenvalue weighted by atomic mass is 10.2. The molecular weight excluding hydrogens is 341 g/mol. The number of benzene rings is 1. The smallest absolute Gasteiger partial charge is 0.263 e. The first-order valence-corrected chi connectivity index (χ1v) is 9.16. The van der Waals surface area contributed by atoms with Crippen LogP contribution in [0.15, 0.2) is 24.3 Å². The molecule has 0 spiro atoms. The van der Waals surface area contributed by atoms with Gasteiger partial charge in [-0.2, -0.15) is 0 Å². The minimum absolute atomic E-state index is 0.194. The summed E-state index contributed by atoms with van der Waals surface area (Å²) in [5.41, 5.74) is 0.998. The van der Waals surface area contributed by atoms with E-state index in [9.17, 15) is 14.0 Å². The number of nitrogens with one attached hydrogen (secondary N) is 1. The molecule has 1 fully saturated rings. The Labute approximate surface area is 149 Å². The first-order chi connectivity index (χ1) is 12.1. The van der Waals surface area contributed by atoms with Crippen LogP contribution in [-0.2, 0) is 4.79 Å². The fraction of sp³-hybridized carbons (Fsp3) is 0.389. The average molecular weight is 361 g/mol. The molecule has 0 bridgehead atoms. The molecule has 3 rings (SSSR count). The third kappa shape index (κ3) is 4.04. The van der Waals surface area contributed by atoms with Crippen LogP contribution in [0.4, 0.5) is 4.39 Å². The molecular formula is C18H20FN3O2S. The van der Waals surface area contributed by atoms with Crippen LogP contribution in [-0.4, -0.2) is 41.3 Å². The van der Waals surface area contributed by atoms with E-state index < -0.39 is 0 Å². The molecule has 1 aromatic carbocycles. The van der Waals surface area contributed by atoms with Crippen LogP contribution < -0.4 is 5.32 Å². The quantitative estimate of drug-likeness (QED) is 0.805. The van der Waals surface area contributed by atoms with Crippen LogP contribution in [0, 0.1) is 12.7 Å². The van der Waals surface area contributed by atoms with Crippen molar-refractivity contribution < 1.29 is 14.0 Å². The molecule has 0 atom stereocenters. The van der Waals surface area contributed by atoms with Crippen LogP contribution >= 0.6 is 11.3 Å². The maximum absolute atomic E-state index is 13.9. The van der Waals surface area contributed by atoms with E-state index in [0.29, 0.717) is 40.7 Å². The molecule has 1 saturated heterocycles. The van der Waals surface area contributed by atoms with Gasteiger partial charge in [0.05, 0.1) is 5.69 Å². The molecule has 25 heavy (non-hydrogen) atoms. The van der Waals surface area contributed by atoms with Gasteiger partial charge in [0.15, 0.2) is 0 Å². The van der Waals surface area contributed by atoms with E-state index in [2.05, 4.69) is 10.3 Å². The lowest BCUT2D eigenvalue weighted by Crippen LogP contribution is -2.30. The summed E-state index contributed by atoms with van der Waals surface area (Å²) in [6.45, 7) is 3.72. The van der Waals surface area contributed by atoms with Gasteiger partial charge in [-0.25, -0.2) is 9.37 Å². The number of hydrogen-bond acceptors (Lipinski definition) is 4. The number of aromatic nitrogens is 1. The lowest BCUT2D eigenvalue weighted by Gasteiger charge is -2.15. The Balaban J connectivity index is 1.57. The minimum atomic E-state index is -0.349. The van der Waals surface area contributed by atoms with E-state index in [1.54, 1.807) is 25.1 Å². The number of hydrogen-bond donors (Lipinski definition) is 1. The zero-order valence-corrected chi connectivity index (χ0v) is 14.9. The van der Waals surface area contributed by atoms with E-state index in [0.717, 1.165) is 19.4 Å². The molecule has 0 unspecified atom stereocenters. The Morgan fingerprint density at radius 1 is 1.40 bits per heavy atom. The first kappa shape index (κ1) is 17.5. The Bertz CT molecular complexity index is 790. The first-order valence-electron chi connectivity index (χ1n) is 8.34. The van der Waals surface area contributed by atoms with Crippen molar-refractivity contribution in [2.75, 3.05) is 19.6 Å². The molecule has 1 aromatic heterocycles. The molecule has 2 amide bonds. The predicted molar refractivity (Wildman–Crippen MR) is 95.0 cm³/mol. The number of rotatable bonds is 6. The fourth-order valence-corrected chi connectivity index (χ4v) is 3.86. The SMILES string of the molecule is Cc1nc(-c2ccccc2F)sc1C(=O)NCCCN1CCCC1=O. The summed E-state index contributed by atoms with van der Waals surface area (Å²) in [5.74, 6) is -0.358. The Hall–Kier alpha value is -2.28. The normalized spacial score (nSPS) is 14.2. The third-order valence-corrected chi connectivity index (χ3v) is 5.36. The summed E-state index contributed by atoms with van der Waals surface area (Å²) in [4.78, 5) is 30.5. The third-order valence-electron chi connectivity index (χ3n) is 4.17. The van der Waals surface area contributed by atoms with Crippen LogP contribution in [0.25, 0.3) is 10.6 Å². The summed E-state index contributed by atoms with van der Waals surface area (Å²) in [5, 5.41) is 3.36. The van der Waals surface area contributed by atoms with Crippen molar-refractivity contribution >= 4 is 23.2 Å². The zero-order chi connectivity index (χ0) is 17.8. The standard InChI is InChI=1S/C18H20FN3O2S/c1-12-16(25-18(21-12)13-6-2-3-7-14(13)19)17(24)20-9-5-11-22-10-4-8-15(22)23/h2-3,6-7H,4-5,8-11H2,1H3,(H,20,24). The molecule has 2 heterocycles. The highest BCUT2D eigenvalue weighted by molar-refractivity contribution is 7.17. The van der Waals surface area contributed by atoms with Crippen LogP contribution in [0.2, 0.25) is 0 Å². The van der Waals surface area contributed by atoms with Gasteiger partial charge in [0.1, 0.15) is 15.7 Å². The molecule has 0 aliphatic carbocycles. The monoisotopic (exact) mass is 361 g/mol. The highest BCUT2D eigenvalue weighted by Gasteiger charge is 2.20. The van der Waals surface area contributed by atoms with E-state index in [4.69, 9.17) is 0 Å². The fourth-order valence-electron chi connectivity index (χ4n) is 2.85. The van der Waals surface area contributed by atoms with Crippen molar-refractivity contribution in [1.29, 1.82) is 0 Å². The molecule has 132 valence electrons. The second kappa shape index (κ2) is 7.74. The van der Waals surface area contributed by atoms with Gasteiger partial charge in [-0.1, -0.05) is 12.1 Å². The van der Waals surface area contributed by atoms with E-state index in [1.165, 1.54) is 17.4 Å². The second-order valence-corrected chi connectivity index (χ2v) is 7.01. The van der Waals surface area contributed by atoms with Crippen LogP contribution in [0.1, 0.15) is 34.6 Å². The number of thiazole rings is 1. The van der Waals surface area contributed by atoms with Crippen molar-refractivity contribution in [2.45, 2.75) is 26.2 Å². The second-order valence-electron chi connectivity index (χ2n) is 6.01. The van der Waals surface area contributed by atoms with E-state index in [1.807, 2.05) is 4.90 Å². The van der Waals surface area contributed by atoms with Gasteiger partial charge in [-0.15, -0.1) is 11.3 Å². The van der Waals surface area contributed by atoms with Gasteiger partial charge in [-0.05, 0) is 31.9 Å². The molecule has 1 aliphatic rings. The van der Waals surface area contributed by atoms with Crippen molar-refractivity contribution in [3.05, 3.63) is 40.7 Å². The number of aryl methyl sites for hydroxylation is 1. The molecule has 7 heteroatoms. The van der Waals surface area contributed by atoms with Crippen molar-refractivity contribution in [1.82, 2.24) is 15.2 Å². The lowest BCUT2D eigenvalue weighted by molar-refractivity contribution is -0.127. The van der Waals surface area contributed by atoms with Crippen molar-refractivity contribution in [3.8, 4) is 10.6 Å². The highest BCUT2D eigenvalue weighted by Crippen LogP contribution is 2.29.